The molecule has 4 rings (SSSR count). The highest BCUT2D eigenvalue weighted by Crippen LogP contribution is 2.50. The van der Waals surface area contributed by atoms with E-state index in [0.717, 1.165) is 0 Å². The maximum Gasteiger partial charge on any atom is 0.318 e. The summed E-state index contributed by atoms with van der Waals surface area (Å²) in [5.41, 5.74) is 0.554. The highest BCUT2D eigenvalue weighted by molar-refractivity contribution is 5.79. The summed E-state index contributed by atoms with van der Waals surface area (Å²) in [4.78, 5) is 12.8. The Kier molecular flexibility index (Phi) is 5.00. The molecule has 0 radical (unpaired) electrons. The molecule has 0 saturated carbocycles. The number of ether oxygens (including phenoxy) is 6. The molecule has 0 aromatic heterocycles. The number of benzene rings is 1. The van der Waals surface area contributed by atoms with Crippen LogP contribution in [0.2, 0.25) is 0 Å². The minimum absolute atomic E-state index is 0.273. The maximum absolute atomic E-state index is 12.8. The van der Waals surface area contributed by atoms with E-state index in [0.29, 0.717) is 5.56 Å². The number of fused-ring (bicyclic) bond motifs is 1. The van der Waals surface area contributed by atoms with Gasteiger partial charge in [0.15, 0.2) is 11.6 Å². The smallest absolute Gasteiger partial charge is 0.318 e. The van der Waals surface area contributed by atoms with Crippen LogP contribution in [-0.4, -0.2) is 66.6 Å². The number of carbonyl (C=O) groups excluding carboxylic acids is 1. The van der Waals surface area contributed by atoms with E-state index in [1.54, 1.807) is 38.1 Å². The van der Waals surface area contributed by atoms with Crippen molar-refractivity contribution in [3.8, 4) is 0 Å². The zero-order chi connectivity index (χ0) is 21.0. The molecule has 0 bridgehead atoms. The summed E-state index contributed by atoms with van der Waals surface area (Å²) in [6.45, 7) is 7.41. The molecular weight excluding hydrogens is 380 g/mol. The largest absolute Gasteiger partial charge is 0.468 e. The number of rotatable bonds is 4. The van der Waals surface area contributed by atoms with E-state index in [2.05, 4.69) is 0 Å². The van der Waals surface area contributed by atoms with Crippen molar-refractivity contribution in [1.82, 2.24) is 0 Å². The van der Waals surface area contributed by atoms with Crippen molar-refractivity contribution >= 4 is 5.97 Å². The first-order valence-corrected chi connectivity index (χ1v) is 9.77. The van der Waals surface area contributed by atoms with E-state index in [1.807, 2.05) is 19.9 Å². The highest BCUT2D eigenvalue weighted by atomic mass is 16.8. The molecule has 160 valence electrons. The summed E-state index contributed by atoms with van der Waals surface area (Å²) in [6, 6.07) is 8.87. The summed E-state index contributed by atoms with van der Waals surface area (Å²) in [5.74, 6) is -5.50. The fourth-order valence-corrected chi connectivity index (χ4v) is 4.41. The van der Waals surface area contributed by atoms with Crippen molar-refractivity contribution < 1.29 is 38.3 Å². The van der Waals surface area contributed by atoms with Crippen molar-refractivity contribution in [1.29, 1.82) is 0 Å². The van der Waals surface area contributed by atoms with Crippen molar-refractivity contribution in [2.24, 2.45) is 0 Å². The van der Waals surface area contributed by atoms with E-state index in [1.165, 1.54) is 7.11 Å². The van der Waals surface area contributed by atoms with Gasteiger partial charge in [-0.1, -0.05) is 30.3 Å². The Hall–Kier alpha value is -1.55. The summed E-state index contributed by atoms with van der Waals surface area (Å²) in [7, 11) is 1.28. The fraction of sp³-hybridized carbons (Fsp3) is 0.667. The summed E-state index contributed by atoms with van der Waals surface area (Å²) in [5, 5.41) is 11.7. The number of esters is 1. The van der Waals surface area contributed by atoms with Gasteiger partial charge in [0.05, 0.1) is 13.7 Å². The number of hydrogen-bond acceptors (Lipinski definition) is 8. The maximum atomic E-state index is 12.8. The monoisotopic (exact) mass is 408 g/mol. The molecule has 1 N–H and O–H groups in total. The summed E-state index contributed by atoms with van der Waals surface area (Å²) < 4.78 is 34.9. The molecule has 3 aliphatic heterocycles. The first-order valence-electron chi connectivity index (χ1n) is 9.77. The molecule has 0 amide bonds. The molecule has 3 heterocycles. The third-order valence-corrected chi connectivity index (χ3v) is 5.57. The molecule has 3 fully saturated rings. The zero-order valence-corrected chi connectivity index (χ0v) is 17.3. The Morgan fingerprint density at radius 2 is 1.72 bits per heavy atom. The molecule has 8 heteroatoms. The fourth-order valence-electron chi connectivity index (χ4n) is 4.41. The lowest BCUT2D eigenvalue weighted by Crippen LogP contribution is -2.51. The first-order chi connectivity index (χ1) is 13.6. The van der Waals surface area contributed by atoms with Crippen LogP contribution in [0.4, 0.5) is 0 Å². The molecule has 6 atom stereocenters. The molecule has 0 unspecified atom stereocenters. The predicted octanol–water partition coefficient (Wildman–Crippen LogP) is 1.70. The molecular formula is C21H28O8. The lowest BCUT2D eigenvalue weighted by atomic mass is 9.86. The van der Waals surface area contributed by atoms with Crippen LogP contribution >= 0.6 is 0 Å². The van der Waals surface area contributed by atoms with Crippen LogP contribution in [0, 0.1) is 0 Å². The Morgan fingerprint density at radius 1 is 1.03 bits per heavy atom. The van der Waals surface area contributed by atoms with Gasteiger partial charge < -0.3 is 33.5 Å². The quantitative estimate of drug-likeness (QED) is 0.753. The number of methoxy groups -OCH3 is 1. The summed E-state index contributed by atoms with van der Waals surface area (Å²) in [6.07, 6.45) is -2.74. The van der Waals surface area contributed by atoms with E-state index in [4.69, 9.17) is 28.4 Å². The van der Waals surface area contributed by atoms with Crippen molar-refractivity contribution in [2.45, 2.75) is 75.4 Å². The Labute approximate surface area is 170 Å². The Balaban J connectivity index is 1.73. The van der Waals surface area contributed by atoms with Crippen LogP contribution in [0.3, 0.4) is 0 Å². The van der Waals surface area contributed by atoms with Gasteiger partial charge in [0, 0.05) is 0 Å². The van der Waals surface area contributed by atoms with E-state index < -0.39 is 53.7 Å². The Bertz CT molecular complexity index is 763. The minimum Gasteiger partial charge on any atom is -0.468 e. The van der Waals surface area contributed by atoms with E-state index in [-0.39, 0.29) is 6.61 Å². The second kappa shape index (κ2) is 7.01. The molecule has 0 aliphatic carbocycles. The number of aliphatic hydroxyl groups is 1. The van der Waals surface area contributed by atoms with Gasteiger partial charge in [0.2, 0.25) is 5.79 Å². The van der Waals surface area contributed by atoms with Crippen LogP contribution in [0.1, 0.15) is 39.2 Å². The van der Waals surface area contributed by atoms with E-state index >= 15 is 0 Å². The van der Waals surface area contributed by atoms with Gasteiger partial charge in [-0.15, -0.1) is 0 Å². The van der Waals surface area contributed by atoms with E-state index in [9.17, 15) is 9.90 Å². The van der Waals surface area contributed by atoms with Crippen LogP contribution in [0.5, 0.6) is 0 Å². The van der Waals surface area contributed by atoms with Crippen molar-refractivity contribution in [3.63, 3.8) is 0 Å². The lowest BCUT2D eigenvalue weighted by molar-refractivity contribution is -0.292. The minimum atomic E-state index is -2.01. The predicted molar refractivity (Wildman–Crippen MR) is 99.8 cm³/mol. The van der Waals surface area contributed by atoms with Crippen molar-refractivity contribution in [3.05, 3.63) is 35.9 Å². The average Bonchev–Trinajstić information content (AvgIpc) is 3.26. The number of hydrogen-bond donors (Lipinski definition) is 1. The zero-order valence-electron chi connectivity index (χ0n) is 17.3. The molecule has 29 heavy (non-hydrogen) atoms. The molecule has 3 aliphatic rings. The molecule has 0 spiro atoms. The van der Waals surface area contributed by atoms with Crippen LogP contribution < -0.4 is 0 Å². The number of carbonyl (C=O) groups is 1. The molecule has 1 aromatic carbocycles. The van der Waals surface area contributed by atoms with Gasteiger partial charge in [-0.25, -0.2) is 0 Å². The van der Waals surface area contributed by atoms with Gasteiger partial charge in [-0.2, -0.15) is 0 Å². The molecule has 8 nitrogen and oxygen atoms in total. The van der Waals surface area contributed by atoms with Gasteiger partial charge >= 0.3 is 5.97 Å². The third kappa shape index (κ3) is 3.58. The second-order valence-electron chi connectivity index (χ2n) is 8.59. The first kappa shape index (κ1) is 20.7. The normalized spacial score (nSPS) is 38.6. The standard InChI is InChI=1S/C21H28O8/c1-19(2)25-11-13(26-19)15-16-17(29-20(3,4)27-16)21(23,28-15)14(18(22)24-5)12-9-7-6-8-10-12/h6-10,13-17,23H,11H2,1-5H3/t13-,14-,15-,16+,17+,21+/m1/s1. The topological polar surface area (TPSA) is 92.7 Å². The average molecular weight is 408 g/mol. The van der Waals surface area contributed by atoms with Gasteiger partial charge in [0.25, 0.3) is 0 Å². The third-order valence-electron chi connectivity index (χ3n) is 5.57. The van der Waals surface area contributed by atoms with Crippen LogP contribution in [-0.2, 0) is 33.2 Å². The van der Waals surface area contributed by atoms with Gasteiger partial charge in [-0.3, -0.25) is 4.79 Å². The lowest BCUT2D eigenvalue weighted by Gasteiger charge is -2.35. The van der Waals surface area contributed by atoms with Crippen LogP contribution in [0.15, 0.2) is 30.3 Å². The van der Waals surface area contributed by atoms with Crippen LogP contribution in [0.25, 0.3) is 0 Å². The summed E-state index contributed by atoms with van der Waals surface area (Å²) >= 11 is 0. The van der Waals surface area contributed by atoms with Gasteiger partial charge in [-0.05, 0) is 33.3 Å². The van der Waals surface area contributed by atoms with Crippen molar-refractivity contribution in [2.75, 3.05) is 13.7 Å². The second-order valence-corrected chi connectivity index (χ2v) is 8.59. The molecule has 3 saturated heterocycles. The Morgan fingerprint density at radius 3 is 2.31 bits per heavy atom. The molecule has 1 aromatic rings. The highest BCUT2D eigenvalue weighted by Gasteiger charge is 2.69. The SMILES string of the molecule is COC(=O)[C@@H](c1ccccc1)[C@]1(O)O[C@H]([C@H]2COC(C)(C)O2)[C@@H]2OC(C)(C)O[C@@H]21. The van der Waals surface area contributed by atoms with Gasteiger partial charge in [0.1, 0.15) is 30.3 Å².